The maximum atomic E-state index is 12.8. The monoisotopic (exact) mass is 440 g/mol. The second-order valence-electron chi connectivity index (χ2n) is 7.48. The number of esters is 1. The Hall–Kier alpha value is -3.06. The molecule has 7 heteroatoms. The summed E-state index contributed by atoms with van der Waals surface area (Å²) in [4.78, 5) is 12.8. The van der Waals surface area contributed by atoms with Crippen molar-refractivity contribution in [3.8, 4) is 11.5 Å². The highest BCUT2D eigenvalue weighted by Gasteiger charge is 2.38. The molecule has 0 bridgehead atoms. The molecule has 0 aliphatic carbocycles. The average molecular weight is 441 g/mol. The molecule has 0 spiro atoms. The van der Waals surface area contributed by atoms with Crippen LogP contribution in [0.2, 0.25) is 0 Å². The van der Waals surface area contributed by atoms with E-state index in [1.165, 1.54) is 0 Å². The smallest absolute Gasteiger partial charge is 0.317 e. The van der Waals surface area contributed by atoms with Gasteiger partial charge in [-0.2, -0.15) is 0 Å². The van der Waals surface area contributed by atoms with Crippen LogP contribution in [0.25, 0.3) is 0 Å². The van der Waals surface area contributed by atoms with Crippen molar-refractivity contribution in [2.24, 2.45) is 5.92 Å². The Morgan fingerprint density at radius 2 is 1.87 bits per heavy atom. The average Bonchev–Trinajstić information content (AvgIpc) is 2.72. The Bertz CT molecular complexity index is 946. The maximum Gasteiger partial charge on any atom is 0.317 e. The molecule has 0 amide bonds. The van der Waals surface area contributed by atoms with Gasteiger partial charge in [-0.25, -0.2) is 0 Å². The number of carbonyl (C=O) groups is 1. The van der Waals surface area contributed by atoms with Crippen LogP contribution in [0.3, 0.4) is 0 Å². The van der Waals surface area contributed by atoms with Crippen LogP contribution in [0.15, 0.2) is 60.8 Å². The standard InChI is InChI=1S/C24H28N2O4S/c1-5-28-20-13-18(11-12-19(20)29-14-17-9-7-6-8-10-17)22-21(23(27)30-15(2)3)16(4)25-24(31)26-22/h6-13,15,21-22H,4-5,14H2,1-3H3,(H2,25,26,31)/t21-,22-/m0/s1. The molecular formula is C24H28N2O4S. The van der Waals surface area contributed by atoms with Gasteiger partial charge in [0.15, 0.2) is 16.6 Å². The number of carbonyl (C=O) groups excluding carboxylic acids is 1. The predicted molar refractivity (Wildman–Crippen MR) is 124 cm³/mol. The Balaban J connectivity index is 1.88. The molecule has 0 aromatic heterocycles. The fourth-order valence-corrected chi connectivity index (χ4v) is 3.64. The number of thiocarbonyl (C=S) groups is 1. The minimum atomic E-state index is -0.639. The van der Waals surface area contributed by atoms with Gasteiger partial charge >= 0.3 is 5.97 Å². The molecule has 164 valence electrons. The van der Waals surface area contributed by atoms with Gasteiger partial charge in [-0.1, -0.05) is 43.0 Å². The highest BCUT2D eigenvalue weighted by molar-refractivity contribution is 7.80. The fraction of sp³-hybridized carbons (Fsp3) is 0.333. The number of rotatable bonds is 8. The van der Waals surface area contributed by atoms with Crippen LogP contribution >= 0.6 is 12.2 Å². The summed E-state index contributed by atoms with van der Waals surface area (Å²) in [7, 11) is 0. The molecule has 2 N–H and O–H groups in total. The van der Waals surface area contributed by atoms with Gasteiger partial charge in [0.25, 0.3) is 0 Å². The zero-order chi connectivity index (χ0) is 22.4. The lowest BCUT2D eigenvalue weighted by Crippen LogP contribution is -2.51. The van der Waals surface area contributed by atoms with Gasteiger partial charge in [0.2, 0.25) is 0 Å². The summed E-state index contributed by atoms with van der Waals surface area (Å²) in [5, 5.41) is 6.53. The maximum absolute atomic E-state index is 12.8. The van der Waals surface area contributed by atoms with Crippen molar-refractivity contribution in [2.75, 3.05) is 6.61 Å². The van der Waals surface area contributed by atoms with E-state index in [-0.39, 0.29) is 12.1 Å². The quantitative estimate of drug-likeness (QED) is 0.469. The van der Waals surface area contributed by atoms with Crippen molar-refractivity contribution in [1.82, 2.24) is 10.6 Å². The first-order valence-electron chi connectivity index (χ1n) is 10.3. The van der Waals surface area contributed by atoms with Crippen LogP contribution in [0, 0.1) is 5.92 Å². The van der Waals surface area contributed by atoms with Crippen LogP contribution < -0.4 is 20.1 Å². The summed E-state index contributed by atoms with van der Waals surface area (Å²) in [6, 6.07) is 15.1. The minimum absolute atomic E-state index is 0.234. The predicted octanol–water partition coefficient (Wildman–Crippen LogP) is 4.26. The van der Waals surface area contributed by atoms with E-state index < -0.39 is 12.0 Å². The summed E-state index contributed by atoms with van der Waals surface area (Å²) >= 11 is 5.30. The molecule has 1 fully saturated rings. The zero-order valence-electron chi connectivity index (χ0n) is 18.0. The molecule has 0 saturated carbocycles. The van der Waals surface area contributed by atoms with Crippen LogP contribution in [0.1, 0.15) is 37.9 Å². The second-order valence-corrected chi connectivity index (χ2v) is 7.89. The molecular weight excluding hydrogens is 412 g/mol. The highest BCUT2D eigenvalue weighted by atomic mass is 32.1. The van der Waals surface area contributed by atoms with E-state index in [4.69, 9.17) is 26.4 Å². The molecule has 2 aromatic carbocycles. The third-order valence-electron chi connectivity index (χ3n) is 4.74. The first kappa shape index (κ1) is 22.6. The summed E-state index contributed by atoms with van der Waals surface area (Å²) < 4.78 is 17.3. The molecule has 2 atom stereocenters. The molecule has 3 rings (SSSR count). The third-order valence-corrected chi connectivity index (χ3v) is 4.96. The first-order chi connectivity index (χ1) is 14.9. The highest BCUT2D eigenvalue weighted by Crippen LogP contribution is 2.36. The number of nitrogens with one attached hydrogen (secondary N) is 2. The van der Waals surface area contributed by atoms with Gasteiger partial charge in [-0.3, -0.25) is 4.79 Å². The van der Waals surface area contributed by atoms with Gasteiger partial charge in [-0.15, -0.1) is 0 Å². The van der Waals surface area contributed by atoms with Crippen molar-refractivity contribution in [3.63, 3.8) is 0 Å². The van der Waals surface area contributed by atoms with E-state index in [0.29, 0.717) is 35.5 Å². The summed E-state index contributed by atoms with van der Waals surface area (Å²) in [6.07, 6.45) is -0.234. The van der Waals surface area contributed by atoms with Gasteiger partial charge < -0.3 is 24.8 Å². The summed E-state index contributed by atoms with van der Waals surface area (Å²) in [5.74, 6) is 0.226. The number of benzene rings is 2. The lowest BCUT2D eigenvalue weighted by molar-refractivity contribution is -0.152. The third kappa shape index (κ3) is 5.76. The lowest BCUT2D eigenvalue weighted by atomic mass is 9.89. The molecule has 1 heterocycles. The topological polar surface area (TPSA) is 68.8 Å². The van der Waals surface area contributed by atoms with E-state index in [1.807, 2.05) is 69.3 Å². The molecule has 1 aliphatic heterocycles. The van der Waals surface area contributed by atoms with Crippen molar-refractivity contribution in [2.45, 2.75) is 39.5 Å². The van der Waals surface area contributed by atoms with E-state index in [1.54, 1.807) is 0 Å². The number of hydrogen-bond donors (Lipinski definition) is 2. The van der Waals surface area contributed by atoms with Crippen molar-refractivity contribution >= 4 is 23.3 Å². The molecule has 2 aromatic rings. The Morgan fingerprint density at radius 3 is 2.55 bits per heavy atom. The Kier molecular flexibility index (Phi) is 7.52. The Morgan fingerprint density at radius 1 is 1.13 bits per heavy atom. The summed E-state index contributed by atoms with van der Waals surface area (Å²) in [5.41, 5.74) is 2.39. The normalized spacial score (nSPS) is 18.2. The van der Waals surface area contributed by atoms with E-state index in [9.17, 15) is 4.79 Å². The van der Waals surface area contributed by atoms with E-state index in [2.05, 4.69) is 17.2 Å². The van der Waals surface area contributed by atoms with Crippen LogP contribution in [-0.2, 0) is 16.1 Å². The fourth-order valence-electron chi connectivity index (χ4n) is 3.39. The molecule has 0 unspecified atom stereocenters. The molecule has 1 aliphatic rings. The molecule has 0 radical (unpaired) electrons. The molecule has 31 heavy (non-hydrogen) atoms. The van der Waals surface area contributed by atoms with Crippen molar-refractivity contribution in [1.29, 1.82) is 0 Å². The lowest BCUT2D eigenvalue weighted by Gasteiger charge is -2.35. The van der Waals surface area contributed by atoms with Gasteiger partial charge in [0, 0.05) is 5.70 Å². The molecule has 6 nitrogen and oxygen atoms in total. The van der Waals surface area contributed by atoms with E-state index in [0.717, 1.165) is 11.1 Å². The molecule has 1 saturated heterocycles. The van der Waals surface area contributed by atoms with Crippen molar-refractivity contribution < 1.29 is 19.0 Å². The second kappa shape index (κ2) is 10.3. The van der Waals surface area contributed by atoms with Crippen molar-refractivity contribution in [3.05, 3.63) is 71.9 Å². The van der Waals surface area contributed by atoms with Gasteiger partial charge in [0.1, 0.15) is 12.5 Å². The number of ether oxygens (including phenoxy) is 3. The Labute approximate surface area is 188 Å². The zero-order valence-corrected chi connectivity index (χ0v) is 18.8. The first-order valence-corrected chi connectivity index (χ1v) is 10.7. The van der Waals surface area contributed by atoms with Gasteiger partial charge in [-0.05, 0) is 56.2 Å². The SMILES string of the molecule is C=C1NC(=S)N[C@@H](c2ccc(OCc3ccccc3)c(OCC)c2)[C@H]1C(=O)OC(C)C. The van der Waals surface area contributed by atoms with Crippen LogP contribution in [0.5, 0.6) is 11.5 Å². The van der Waals surface area contributed by atoms with Gasteiger partial charge in [0.05, 0.1) is 18.8 Å². The number of hydrogen-bond acceptors (Lipinski definition) is 5. The van der Waals surface area contributed by atoms with Crippen LogP contribution in [-0.4, -0.2) is 23.8 Å². The van der Waals surface area contributed by atoms with E-state index >= 15 is 0 Å². The van der Waals surface area contributed by atoms with Crippen LogP contribution in [0.4, 0.5) is 0 Å². The summed E-state index contributed by atoms with van der Waals surface area (Å²) in [6.45, 7) is 10.4. The minimum Gasteiger partial charge on any atom is -0.490 e. The largest absolute Gasteiger partial charge is 0.490 e.